The fraction of sp³-hybridized carbons (Fsp3) is 0.467. The average Bonchev–Trinajstić information content (AvgIpc) is 2.90. The highest BCUT2D eigenvalue weighted by atomic mass is 16.5. The van der Waals surface area contributed by atoms with E-state index < -0.39 is 18.0 Å². The number of aryl methyl sites for hydroxylation is 1. The van der Waals surface area contributed by atoms with E-state index in [1.807, 2.05) is 31.2 Å². The Labute approximate surface area is 118 Å². The quantitative estimate of drug-likeness (QED) is 0.909. The maximum Gasteiger partial charge on any atom is 0.308 e. The summed E-state index contributed by atoms with van der Waals surface area (Å²) >= 11 is 0. The molecule has 0 aromatic heterocycles. The van der Waals surface area contributed by atoms with E-state index in [9.17, 15) is 9.59 Å². The number of carbonyl (C=O) groups is 2. The topological polar surface area (TPSA) is 66.8 Å². The number of carbonyl (C=O) groups excluding carboxylic acids is 1. The van der Waals surface area contributed by atoms with Crippen molar-refractivity contribution in [3.8, 4) is 5.75 Å². The van der Waals surface area contributed by atoms with Crippen LogP contribution in [-0.2, 0) is 9.59 Å². The van der Waals surface area contributed by atoms with Gasteiger partial charge in [0.2, 0.25) is 0 Å². The van der Waals surface area contributed by atoms with Crippen LogP contribution in [0.4, 0.5) is 0 Å². The van der Waals surface area contributed by atoms with Gasteiger partial charge in [-0.05, 0) is 32.4 Å². The lowest BCUT2D eigenvalue weighted by atomic mass is 10.1. The Kier molecular flexibility index (Phi) is 4.27. The predicted molar refractivity (Wildman–Crippen MR) is 73.6 cm³/mol. The van der Waals surface area contributed by atoms with Gasteiger partial charge in [0.15, 0.2) is 6.10 Å². The molecule has 0 radical (unpaired) electrons. The molecule has 1 aliphatic heterocycles. The lowest BCUT2D eigenvalue weighted by Crippen LogP contribution is -2.39. The van der Waals surface area contributed by atoms with Crippen molar-refractivity contribution in [3.63, 3.8) is 0 Å². The number of hydrogen-bond donors (Lipinski definition) is 1. The first-order chi connectivity index (χ1) is 9.47. The largest absolute Gasteiger partial charge is 0.481 e. The first-order valence-electron chi connectivity index (χ1n) is 6.72. The highest BCUT2D eigenvalue weighted by molar-refractivity contribution is 5.82. The summed E-state index contributed by atoms with van der Waals surface area (Å²) in [4.78, 5) is 24.7. The molecule has 1 amide bonds. The van der Waals surface area contributed by atoms with E-state index in [0.29, 0.717) is 18.7 Å². The minimum atomic E-state index is -0.840. The summed E-state index contributed by atoms with van der Waals surface area (Å²) in [6.45, 7) is 4.43. The van der Waals surface area contributed by atoms with Crippen LogP contribution in [0.3, 0.4) is 0 Å². The number of amides is 1. The van der Waals surface area contributed by atoms with E-state index in [0.717, 1.165) is 5.56 Å². The molecule has 20 heavy (non-hydrogen) atoms. The second-order valence-corrected chi connectivity index (χ2v) is 5.18. The Bertz CT molecular complexity index is 497. The van der Waals surface area contributed by atoms with Crippen molar-refractivity contribution in [1.82, 2.24) is 4.90 Å². The molecule has 0 spiro atoms. The first kappa shape index (κ1) is 14.4. The molecule has 1 aromatic carbocycles. The Balaban J connectivity index is 1.92. The van der Waals surface area contributed by atoms with Crippen molar-refractivity contribution < 1.29 is 19.4 Å². The molecule has 2 rings (SSSR count). The third-order valence-corrected chi connectivity index (χ3v) is 3.53. The normalized spacial score (nSPS) is 19.7. The van der Waals surface area contributed by atoms with E-state index in [2.05, 4.69) is 0 Å². The van der Waals surface area contributed by atoms with Gasteiger partial charge in [-0.3, -0.25) is 9.59 Å². The molecule has 5 heteroatoms. The summed E-state index contributed by atoms with van der Waals surface area (Å²) in [5.74, 6) is -0.808. The van der Waals surface area contributed by atoms with Crippen molar-refractivity contribution in [2.75, 3.05) is 13.1 Å². The first-order valence-corrected chi connectivity index (χ1v) is 6.72. The second-order valence-electron chi connectivity index (χ2n) is 5.18. The zero-order valence-electron chi connectivity index (χ0n) is 11.7. The smallest absolute Gasteiger partial charge is 0.308 e. The number of hydrogen-bond acceptors (Lipinski definition) is 3. The van der Waals surface area contributed by atoms with Crippen LogP contribution >= 0.6 is 0 Å². The van der Waals surface area contributed by atoms with Gasteiger partial charge in [-0.2, -0.15) is 0 Å². The number of nitrogens with zero attached hydrogens (tertiary/aromatic N) is 1. The summed E-state index contributed by atoms with van der Waals surface area (Å²) in [5, 5.41) is 8.94. The summed E-state index contributed by atoms with van der Waals surface area (Å²) in [7, 11) is 0. The molecule has 108 valence electrons. The molecule has 1 aliphatic rings. The molecule has 1 N–H and O–H groups in total. The van der Waals surface area contributed by atoms with Crippen molar-refractivity contribution in [3.05, 3.63) is 29.8 Å². The summed E-state index contributed by atoms with van der Waals surface area (Å²) in [6.07, 6.45) is -0.0940. The number of carboxylic acid groups (broad SMARTS) is 1. The maximum atomic E-state index is 12.2. The summed E-state index contributed by atoms with van der Waals surface area (Å²) in [5.41, 5.74) is 1.13. The fourth-order valence-corrected chi connectivity index (χ4v) is 2.29. The van der Waals surface area contributed by atoms with Crippen molar-refractivity contribution in [2.45, 2.75) is 26.4 Å². The van der Waals surface area contributed by atoms with Gasteiger partial charge in [-0.1, -0.05) is 17.7 Å². The summed E-state index contributed by atoms with van der Waals surface area (Å²) < 4.78 is 5.60. The van der Waals surface area contributed by atoms with E-state index >= 15 is 0 Å². The number of aliphatic carboxylic acids is 1. The van der Waals surface area contributed by atoms with E-state index in [4.69, 9.17) is 9.84 Å². The van der Waals surface area contributed by atoms with Crippen LogP contribution in [0.15, 0.2) is 24.3 Å². The fourth-order valence-electron chi connectivity index (χ4n) is 2.29. The molecule has 0 bridgehead atoms. The van der Waals surface area contributed by atoms with Crippen LogP contribution in [0.1, 0.15) is 18.9 Å². The molecule has 5 nitrogen and oxygen atoms in total. The number of benzene rings is 1. The molecule has 1 aromatic rings. The van der Waals surface area contributed by atoms with Crippen LogP contribution in [0, 0.1) is 12.8 Å². The Morgan fingerprint density at radius 3 is 2.55 bits per heavy atom. The molecule has 1 fully saturated rings. The van der Waals surface area contributed by atoms with Crippen LogP contribution in [0.5, 0.6) is 5.75 Å². The van der Waals surface area contributed by atoms with Crippen LogP contribution in [0.2, 0.25) is 0 Å². The number of rotatable bonds is 4. The highest BCUT2D eigenvalue weighted by Gasteiger charge is 2.33. The third-order valence-electron chi connectivity index (χ3n) is 3.53. The number of carboxylic acids is 1. The molecule has 1 heterocycles. The van der Waals surface area contributed by atoms with Crippen LogP contribution in [-0.4, -0.2) is 41.1 Å². The van der Waals surface area contributed by atoms with Gasteiger partial charge in [0, 0.05) is 13.1 Å². The summed E-state index contributed by atoms with van der Waals surface area (Å²) in [6, 6.07) is 7.48. The van der Waals surface area contributed by atoms with Crippen LogP contribution in [0.25, 0.3) is 0 Å². The van der Waals surface area contributed by atoms with Crippen LogP contribution < -0.4 is 4.74 Å². The molecule has 0 unspecified atom stereocenters. The second kappa shape index (κ2) is 5.94. The Hall–Kier alpha value is -2.04. The maximum absolute atomic E-state index is 12.2. The van der Waals surface area contributed by atoms with E-state index in [1.165, 1.54) is 0 Å². The minimum absolute atomic E-state index is 0.158. The van der Waals surface area contributed by atoms with Gasteiger partial charge in [-0.15, -0.1) is 0 Å². The molecule has 0 aliphatic carbocycles. The number of likely N-dealkylation sites (tertiary alicyclic amines) is 1. The zero-order valence-corrected chi connectivity index (χ0v) is 11.7. The van der Waals surface area contributed by atoms with Gasteiger partial charge in [0.05, 0.1) is 5.92 Å². The lowest BCUT2D eigenvalue weighted by Gasteiger charge is -2.21. The lowest BCUT2D eigenvalue weighted by molar-refractivity contribution is -0.142. The predicted octanol–water partition coefficient (Wildman–Crippen LogP) is 1.70. The van der Waals surface area contributed by atoms with Gasteiger partial charge in [0.25, 0.3) is 5.91 Å². The molecule has 2 atom stereocenters. The Morgan fingerprint density at radius 2 is 2.00 bits per heavy atom. The zero-order chi connectivity index (χ0) is 14.7. The van der Waals surface area contributed by atoms with Crippen molar-refractivity contribution >= 4 is 11.9 Å². The minimum Gasteiger partial charge on any atom is -0.481 e. The molecule has 1 saturated heterocycles. The van der Waals surface area contributed by atoms with Crippen molar-refractivity contribution in [1.29, 1.82) is 0 Å². The third kappa shape index (κ3) is 3.29. The number of ether oxygens (including phenoxy) is 1. The average molecular weight is 277 g/mol. The van der Waals surface area contributed by atoms with Gasteiger partial charge >= 0.3 is 5.97 Å². The monoisotopic (exact) mass is 277 g/mol. The van der Waals surface area contributed by atoms with E-state index in [1.54, 1.807) is 11.8 Å². The molecular formula is C15H19NO4. The standard InChI is InChI=1S/C15H19NO4/c1-10-3-5-13(6-4-10)20-11(2)14(17)16-8-7-12(9-16)15(18)19/h3-6,11-12H,7-9H2,1-2H3,(H,18,19)/t11-,12+/m1/s1. The van der Waals surface area contributed by atoms with Gasteiger partial charge < -0.3 is 14.7 Å². The Morgan fingerprint density at radius 1 is 1.35 bits per heavy atom. The SMILES string of the molecule is Cc1ccc(O[C@H](C)C(=O)N2CC[C@H](C(=O)O)C2)cc1. The molecular weight excluding hydrogens is 258 g/mol. The van der Waals surface area contributed by atoms with Gasteiger partial charge in [-0.25, -0.2) is 0 Å². The molecule has 0 saturated carbocycles. The highest BCUT2D eigenvalue weighted by Crippen LogP contribution is 2.19. The van der Waals surface area contributed by atoms with E-state index in [-0.39, 0.29) is 12.5 Å². The van der Waals surface area contributed by atoms with Crippen molar-refractivity contribution in [2.24, 2.45) is 5.92 Å². The van der Waals surface area contributed by atoms with Gasteiger partial charge in [0.1, 0.15) is 5.75 Å².